The summed E-state index contributed by atoms with van der Waals surface area (Å²) in [6.45, 7) is 14.9. The average Bonchev–Trinajstić information content (AvgIpc) is 3.37. The summed E-state index contributed by atoms with van der Waals surface area (Å²) in [6.07, 6.45) is 15.1. The Morgan fingerprint density at radius 2 is 1.10 bits per heavy atom. The number of carbonyl (C=O) groups is 1. The number of rotatable bonds is 43. The number of ether oxygens (including phenoxy) is 7. The molecular formula is C56H88N3O10P. The zero-order chi connectivity index (χ0) is 50.5. The Hall–Kier alpha value is -3.67. The summed E-state index contributed by atoms with van der Waals surface area (Å²) in [4.78, 5) is 12.2. The molecule has 0 saturated heterocycles. The van der Waals surface area contributed by atoms with Crippen LogP contribution in [0.25, 0.3) is 0 Å². The minimum Gasteiger partial charge on any atom is -0.497 e. The van der Waals surface area contributed by atoms with E-state index in [1.807, 2.05) is 66.7 Å². The van der Waals surface area contributed by atoms with Gasteiger partial charge in [0.2, 0.25) is 5.91 Å². The number of nitrogens with one attached hydrogen (secondary N) is 1. The van der Waals surface area contributed by atoms with Crippen LogP contribution in [0.2, 0.25) is 0 Å². The molecule has 3 aromatic carbocycles. The molecule has 0 aliphatic carbocycles. The van der Waals surface area contributed by atoms with Crippen LogP contribution in [-0.2, 0) is 43.1 Å². The fourth-order valence-electron chi connectivity index (χ4n) is 8.14. The Balaban J connectivity index is 1.50. The third kappa shape index (κ3) is 23.7. The Bertz CT molecular complexity index is 1730. The number of carbonyl (C=O) groups excluding carboxylic acids is 1. The first-order valence-electron chi connectivity index (χ1n) is 26.0. The van der Waals surface area contributed by atoms with Crippen molar-refractivity contribution in [1.82, 2.24) is 9.99 Å². The highest BCUT2D eigenvalue weighted by atomic mass is 31.2. The van der Waals surface area contributed by atoms with Crippen LogP contribution >= 0.6 is 8.53 Å². The van der Waals surface area contributed by atoms with Crippen molar-refractivity contribution in [2.24, 2.45) is 0 Å². The van der Waals surface area contributed by atoms with E-state index in [1.165, 1.54) is 57.8 Å². The van der Waals surface area contributed by atoms with Gasteiger partial charge in [-0.25, -0.2) is 4.67 Å². The summed E-state index contributed by atoms with van der Waals surface area (Å²) in [5.41, 5.74) is 1.65. The second kappa shape index (κ2) is 38.0. The second-order valence-electron chi connectivity index (χ2n) is 18.0. The van der Waals surface area contributed by atoms with Gasteiger partial charge < -0.3 is 47.5 Å². The lowest BCUT2D eigenvalue weighted by atomic mass is 9.80. The molecule has 3 aromatic rings. The second-order valence-corrected chi connectivity index (χ2v) is 19.4. The SMILES string of the molecule is CCCCCCCCCCCCCC(=O)NCCCOCCOCCOCCOCC(COC(c1ccccc1)(c1ccc(OC)cc1)c1ccc(OC)cc1)OP(OCCC#N)N(C(C)C)C(C)C. The molecule has 0 aliphatic heterocycles. The van der Waals surface area contributed by atoms with Gasteiger partial charge >= 0.3 is 0 Å². The van der Waals surface area contributed by atoms with Gasteiger partial charge in [-0.1, -0.05) is 126 Å². The molecule has 0 saturated carbocycles. The zero-order valence-electron chi connectivity index (χ0n) is 43.8. The third-order valence-electron chi connectivity index (χ3n) is 11.8. The van der Waals surface area contributed by atoms with Gasteiger partial charge in [-0.05, 0) is 81.5 Å². The average molecular weight is 994 g/mol. The number of benzene rings is 3. The van der Waals surface area contributed by atoms with Gasteiger partial charge in [0, 0.05) is 31.7 Å². The highest BCUT2D eigenvalue weighted by molar-refractivity contribution is 7.44. The van der Waals surface area contributed by atoms with Crippen LogP contribution in [0.15, 0.2) is 78.9 Å². The van der Waals surface area contributed by atoms with Crippen LogP contribution < -0.4 is 14.8 Å². The van der Waals surface area contributed by atoms with E-state index in [2.05, 4.69) is 62.8 Å². The van der Waals surface area contributed by atoms with Crippen molar-refractivity contribution >= 4 is 14.4 Å². The molecule has 0 fully saturated rings. The maximum atomic E-state index is 12.2. The molecule has 2 atom stereocenters. The Morgan fingerprint density at radius 3 is 1.60 bits per heavy atom. The molecule has 70 heavy (non-hydrogen) atoms. The van der Waals surface area contributed by atoms with Crippen molar-refractivity contribution in [3.63, 3.8) is 0 Å². The van der Waals surface area contributed by atoms with Crippen molar-refractivity contribution in [1.29, 1.82) is 5.26 Å². The van der Waals surface area contributed by atoms with Gasteiger partial charge in [-0.15, -0.1) is 0 Å². The van der Waals surface area contributed by atoms with Crippen LogP contribution in [0.5, 0.6) is 11.5 Å². The molecule has 3 rings (SSSR count). The van der Waals surface area contributed by atoms with Crippen molar-refractivity contribution in [2.45, 2.75) is 148 Å². The summed E-state index contributed by atoms with van der Waals surface area (Å²) >= 11 is 0. The van der Waals surface area contributed by atoms with Crippen LogP contribution in [0.4, 0.5) is 0 Å². The fourth-order valence-corrected chi connectivity index (χ4v) is 9.82. The minimum absolute atomic E-state index is 0.104. The number of amides is 1. The van der Waals surface area contributed by atoms with Crippen molar-refractivity contribution in [2.75, 3.05) is 86.8 Å². The predicted octanol–water partition coefficient (Wildman–Crippen LogP) is 11.9. The minimum atomic E-state index is -1.61. The monoisotopic (exact) mass is 994 g/mol. The van der Waals surface area contributed by atoms with Gasteiger partial charge in [-0.2, -0.15) is 5.26 Å². The van der Waals surface area contributed by atoms with Gasteiger partial charge in [-0.3, -0.25) is 4.79 Å². The van der Waals surface area contributed by atoms with Gasteiger partial charge in [0.1, 0.15) is 23.2 Å². The largest absolute Gasteiger partial charge is 0.497 e. The van der Waals surface area contributed by atoms with E-state index in [4.69, 9.17) is 42.2 Å². The highest BCUT2D eigenvalue weighted by Crippen LogP contribution is 2.48. The van der Waals surface area contributed by atoms with E-state index in [0.717, 1.165) is 47.5 Å². The zero-order valence-corrected chi connectivity index (χ0v) is 44.7. The molecule has 0 aliphatic rings. The molecule has 13 nitrogen and oxygen atoms in total. The fraction of sp³-hybridized carbons (Fsp3) is 0.643. The maximum absolute atomic E-state index is 12.2. The molecule has 1 N–H and O–H groups in total. The van der Waals surface area contributed by atoms with Crippen molar-refractivity contribution in [3.05, 3.63) is 95.6 Å². The molecule has 0 aromatic heterocycles. The number of methoxy groups -OCH3 is 2. The summed E-state index contributed by atoms with van der Waals surface area (Å²) < 4.78 is 57.4. The van der Waals surface area contributed by atoms with Gasteiger partial charge in [0.05, 0.1) is 86.2 Å². The lowest BCUT2D eigenvalue weighted by Crippen LogP contribution is -2.39. The van der Waals surface area contributed by atoms with Gasteiger partial charge in [0.15, 0.2) is 0 Å². The highest BCUT2D eigenvalue weighted by Gasteiger charge is 2.40. The molecular weight excluding hydrogens is 906 g/mol. The van der Waals surface area contributed by atoms with E-state index in [9.17, 15) is 10.1 Å². The summed E-state index contributed by atoms with van der Waals surface area (Å²) in [6, 6.07) is 28.4. The normalized spacial score (nSPS) is 12.6. The number of unbranched alkanes of at least 4 members (excludes halogenated alkanes) is 10. The Labute approximate surface area is 423 Å². The molecule has 14 heteroatoms. The molecule has 0 radical (unpaired) electrons. The van der Waals surface area contributed by atoms with Crippen LogP contribution in [0, 0.1) is 11.3 Å². The van der Waals surface area contributed by atoms with E-state index in [1.54, 1.807) is 14.2 Å². The first kappa shape index (κ1) is 60.6. The van der Waals surface area contributed by atoms with E-state index < -0.39 is 20.2 Å². The first-order chi connectivity index (χ1) is 34.2. The van der Waals surface area contributed by atoms with Crippen molar-refractivity contribution < 1.29 is 47.0 Å². The van der Waals surface area contributed by atoms with Crippen LogP contribution in [0.3, 0.4) is 0 Å². The quantitative estimate of drug-likeness (QED) is 0.0328. The molecule has 0 bridgehead atoms. The van der Waals surface area contributed by atoms with Crippen LogP contribution in [-0.4, -0.2) is 116 Å². The van der Waals surface area contributed by atoms with Gasteiger partial charge in [0.25, 0.3) is 8.53 Å². The van der Waals surface area contributed by atoms with E-state index in [0.29, 0.717) is 59.2 Å². The predicted molar refractivity (Wildman–Crippen MR) is 280 cm³/mol. The van der Waals surface area contributed by atoms with Crippen LogP contribution in [0.1, 0.15) is 141 Å². The lowest BCUT2D eigenvalue weighted by molar-refractivity contribution is -0.121. The summed E-state index contributed by atoms with van der Waals surface area (Å²) in [5.74, 6) is 1.60. The molecule has 0 heterocycles. The van der Waals surface area contributed by atoms with Crippen molar-refractivity contribution in [3.8, 4) is 17.6 Å². The number of hydrogen-bond acceptors (Lipinski definition) is 12. The standard InChI is InChI=1S/C56H88N3O10P/c1-8-9-10-11-12-13-14-15-16-17-21-26-55(60)58-36-23-37-63-39-40-64-41-42-65-43-44-66-45-54(69-70(68-38-22-35-57)59(47(2)3)48(4)5)46-67-56(49-24-19-18-20-25-49,50-27-31-52(61-6)32-28-50)51-29-33-53(62-7)34-30-51/h18-20,24-25,27-34,47-48,54H,8-17,21-23,26,36-46H2,1-7H3,(H,58,60). The summed E-state index contributed by atoms with van der Waals surface area (Å²) in [7, 11) is 1.69. The summed E-state index contributed by atoms with van der Waals surface area (Å²) in [5, 5.41) is 12.4. The molecule has 392 valence electrons. The first-order valence-corrected chi connectivity index (χ1v) is 27.1. The smallest absolute Gasteiger partial charge is 0.259 e. The number of nitrogens with zero attached hydrogens (tertiary/aromatic N) is 2. The molecule has 0 spiro atoms. The lowest BCUT2D eigenvalue weighted by Gasteiger charge is -2.39. The topological polar surface area (TPSA) is 139 Å². The Kier molecular flexibility index (Phi) is 32.9. The Morgan fingerprint density at radius 1 is 0.614 bits per heavy atom. The molecule has 2 unspecified atom stereocenters. The van der Waals surface area contributed by atoms with E-state index in [-0.39, 0.29) is 44.2 Å². The van der Waals surface area contributed by atoms with E-state index >= 15 is 0 Å². The third-order valence-corrected chi connectivity index (χ3v) is 14.0. The maximum Gasteiger partial charge on any atom is 0.259 e. The molecule has 1 amide bonds. The number of nitriles is 1. The number of hydrogen-bond donors (Lipinski definition) is 1.